The summed E-state index contributed by atoms with van der Waals surface area (Å²) < 4.78 is 12.3. The normalized spacial score (nSPS) is 16.0. The molecule has 0 bridgehead atoms. The molecule has 0 N–H and O–H groups in total. The van der Waals surface area contributed by atoms with E-state index >= 15 is 0 Å². The fourth-order valence-corrected chi connectivity index (χ4v) is 4.73. The number of halogens is 1. The van der Waals surface area contributed by atoms with Gasteiger partial charge in [-0.15, -0.1) is 0 Å². The van der Waals surface area contributed by atoms with Gasteiger partial charge in [0.1, 0.15) is 11.5 Å². The monoisotopic (exact) mass is 465 g/mol. The third kappa shape index (κ3) is 4.27. The Labute approximate surface area is 185 Å². The summed E-state index contributed by atoms with van der Waals surface area (Å²) in [6.45, 7) is 0.962. The third-order valence-corrected chi connectivity index (χ3v) is 6.28. The summed E-state index contributed by atoms with van der Waals surface area (Å²) in [5.41, 5.74) is 4.12. The van der Waals surface area contributed by atoms with E-state index in [0.717, 1.165) is 35.2 Å². The molecule has 30 heavy (non-hydrogen) atoms. The van der Waals surface area contributed by atoms with Crippen molar-refractivity contribution in [3.63, 3.8) is 0 Å². The number of para-hydroxylation sites is 1. The van der Waals surface area contributed by atoms with Gasteiger partial charge in [-0.2, -0.15) is 0 Å². The zero-order valence-corrected chi connectivity index (χ0v) is 18.7. The van der Waals surface area contributed by atoms with Gasteiger partial charge in [-0.05, 0) is 66.9 Å². The number of carbonyl (C=O) groups excluding carboxylic acids is 1. The van der Waals surface area contributed by atoms with E-state index in [1.807, 2.05) is 48.5 Å². The lowest BCUT2D eigenvalue weighted by atomic mass is 9.88. The number of likely N-dealkylation sites (N-methyl/N-ethyl adjacent to an activating group) is 1. The second kappa shape index (κ2) is 9.02. The smallest absolute Gasteiger partial charge is 0.343 e. The fourth-order valence-electron chi connectivity index (χ4n) is 3.99. The first-order valence-electron chi connectivity index (χ1n) is 9.98. The predicted molar refractivity (Wildman–Crippen MR) is 121 cm³/mol. The van der Waals surface area contributed by atoms with Crippen LogP contribution in [0.25, 0.3) is 0 Å². The Kier molecular flexibility index (Phi) is 6.21. The molecule has 1 aliphatic heterocycles. The van der Waals surface area contributed by atoms with Crippen molar-refractivity contribution in [2.24, 2.45) is 0 Å². The Balaban J connectivity index is 1.63. The summed E-state index contributed by atoms with van der Waals surface area (Å²) in [5.74, 6) is 1.13. The van der Waals surface area contributed by atoms with Gasteiger partial charge in [0.2, 0.25) is 0 Å². The van der Waals surface area contributed by atoms with Crippen LogP contribution in [0.15, 0.2) is 71.2 Å². The first-order chi connectivity index (χ1) is 14.6. The Morgan fingerprint density at radius 2 is 1.83 bits per heavy atom. The molecule has 1 atom stereocenters. The maximum atomic E-state index is 12.6. The first kappa shape index (κ1) is 20.6. The molecule has 3 aromatic carbocycles. The van der Waals surface area contributed by atoms with Crippen molar-refractivity contribution < 1.29 is 14.3 Å². The summed E-state index contributed by atoms with van der Waals surface area (Å²) in [4.78, 5) is 14.9. The molecule has 3 aromatic rings. The molecule has 0 fully saturated rings. The molecule has 0 aliphatic carbocycles. The molecule has 0 spiro atoms. The van der Waals surface area contributed by atoms with Crippen LogP contribution in [0.3, 0.4) is 0 Å². The number of benzene rings is 3. The zero-order valence-electron chi connectivity index (χ0n) is 17.1. The maximum absolute atomic E-state index is 12.6. The van der Waals surface area contributed by atoms with E-state index in [0.29, 0.717) is 11.3 Å². The van der Waals surface area contributed by atoms with Crippen LogP contribution in [0.2, 0.25) is 0 Å². The lowest BCUT2D eigenvalue weighted by molar-refractivity contribution is 0.0732. The van der Waals surface area contributed by atoms with Crippen molar-refractivity contribution >= 4 is 21.9 Å². The van der Waals surface area contributed by atoms with Gasteiger partial charge in [0.25, 0.3) is 0 Å². The number of esters is 1. The number of methoxy groups -OCH3 is 1. The van der Waals surface area contributed by atoms with Gasteiger partial charge in [0.05, 0.1) is 12.7 Å². The average molecular weight is 466 g/mol. The van der Waals surface area contributed by atoms with Gasteiger partial charge in [-0.3, -0.25) is 4.90 Å². The molecule has 4 rings (SSSR count). The number of nitrogens with zero attached hydrogens (tertiary/aromatic N) is 1. The number of rotatable bonds is 5. The number of ether oxygens (including phenoxy) is 2. The van der Waals surface area contributed by atoms with E-state index in [1.54, 1.807) is 19.2 Å². The minimum Gasteiger partial charge on any atom is -0.497 e. The Morgan fingerprint density at radius 1 is 1.10 bits per heavy atom. The van der Waals surface area contributed by atoms with Crippen molar-refractivity contribution in [3.05, 3.63) is 93.5 Å². The van der Waals surface area contributed by atoms with Crippen LogP contribution in [0.1, 0.15) is 33.1 Å². The Hall–Kier alpha value is -2.63. The van der Waals surface area contributed by atoms with Gasteiger partial charge in [-0.25, -0.2) is 4.79 Å². The molecule has 5 heteroatoms. The minimum atomic E-state index is -0.341. The van der Waals surface area contributed by atoms with Gasteiger partial charge >= 0.3 is 5.97 Å². The highest BCUT2D eigenvalue weighted by molar-refractivity contribution is 9.10. The number of hydrogen-bond acceptors (Lipinski definition) is 4. The predicted octanol–water partition coefficient (Wildman–Crippen LogP) is 5.45. The van der Waals surface area contributed by atoms with Gasteiger partial charge in [0.15, 0.2) is 0 Å². The lowest BCUT2D eigenvalue weighted by Gasteiger charge is -2.36. The second-order valence-corrected chi connectivity index (χ2v) is 8.35. The summed E-state index contributed by atoms with van der Waals surface area (Å²) >= 11 is 3.75. The first-order valence-corrected chi connectivity index (χ1v) is 10.8. The summed E-state index contributed by atoms with van der Waals surface area (Å²) in [6.07, 6.45) is 1.72. The molecule has 1 aliphatic rings. The van der Waals surface area contributed by atoms with Gasteiger partial charge in [0, 0.05) is 17.1 Å². The quantitative estimate of drug-likeness (QED) is 0.371. The van der Waals surface area contributed by atoms with Crippen molar-refractivity contribution in [1.82, 2.24) is 4.90 Å². The van der Waals surface area contributed by atoms with Crippen molar-refractivity contribution in [2.75, 3.05) is 20.7 Å². The van der Waals surface area contributed by atoms with Crippen molar-refractivity contribution in [2.45, 2.75) is 18.9 Å². The van der Waals surface area contributed by atoms with Crippen LogP contribution >= 0.6 is 15.9 Å². The summed E-state index contributed by atoms with van der Waals surface area (Å²) in [6, 6.07) is 21.2. The fraction of sp³-hybridized carbons (Fsp3) is 0.240. The van der Waals surface area contributed by atoms with Crippen molar-refractivity contribution in [3.8, 4) is 11.5 Å². The number of carbonyl (C=O) groups is 1. The SMILES string of the molecule is COc1cc(Br)c2c(c1)CCN(C)C2Cc1ccccc1OC(=O)c1ccccc1. The molecule has 1 heterocycles. The highest BCUT2D eigenvalue weighted by Crippen LogP contribution is 2.40. The maximum Gasteiger partial charge on any atom is 0.343 e. The summed E-state index contributed by atoms with van der Waals surface area (Å²) in [5, 5.41) is 0. The van der Waals surface area contributed by atoms with Crippen LogP contribution in [0.5, 0.6) is 11.5 Å². The molecule has 0 amide bonds. The van der Waals surface area contributed by atoms with E-state index in [9.17, 15) is 4.79 Å². The standard InChI is InChI=1S/C25H24BrNO3/c1-27-13-12-19-14-20(29-2)16-21(26)24(19)22(27)15-18-10-6-7-11-23(18)30-25(28)17-8-4-3-5-9-17/h3-11,14,16,22H,12-13,15H2,1-2H3. The molecule has 0 saturated heterocycles. The van der Waals surface area contributed by atoms with Crippen LogP contribution in [0, 0.1) is 0 Å². The highest BCUT2D eigenvalue weighted by Gasteiger charge is 2.29. The molecular weight excluding hydrogens is 442 g/mol. The lowest BCUT2D eigenvalue weighted by Crippen LogP contribution is -2.34. The average Bonchev–Trinajstić information content (AvgIpc) is 2.77. The van der Waals surface area contributed by atoms with E-state index in [2.05, 4.69) is 33.9 Å². The highest BCUT2D eigenvalue weighted by atomic mass is 79.9. The van der Waals surface area contributed by atoms with E-state index in [-0.39, 0.29) is 12.0 Å². The van der Waals surface area contributed by atoms with E-state index < -0.39 is 0 Å². The third-order valence-electron chi connectivity index (χ3n) is 5.62. The minimum absolute atomic E-state index is 0.172. The van der Waals surface area contributed by atoms with Gasteiger partial charge < -0.3 is 9.47 Å². The summed E-state index contributed by atoms with van der Waals surface area (Å²) in [7, 11) is 3.83. The van der Waals surface area contributed by atoms with Crippen LogP contribution in [-0.4, -0.2) is 31.6 Å². The molecule has 0 radical (unpaired) electrons. The molecule has 154 valence electrons. The Morgan fingerprint density at radius 3 is 2.60 bits per heavy atom. The van der Waals surface area contributed by atoms with Crippen molar-refractivity contribution in [1.29, 1.82) is 0 Å². The zero-order chi connectivity index (χ0) is 21.1. The van der Waals surface area contributed by atoms with Crippen LogP contribution in [-0.2, 0) is 12.8 Å². The molecule has 4 nitrogen and oxygen atoms in total. The molecule has 1 unspecified atom stereocenters. The molecule has 0 aromatic heterocycles. The molecule has 0 saturated carbocycles. The van der Waals surface area contributed by atoms with Crippen LogP contribution < -0.4 is 9.47 Å². The number of hydrogen-bond donors (Lipinski definition) is 0. The topological polar surface area (TPSA) is 38.8 Å². The van der Waals surface area contributed by atoms with E-state index in [4.69, 9.17) is 9.47 Å². The van der Waals surface area contributed by atoms with Gasteiger partial charge in [-0.1, -0.05) is 52.3 Å². The second-order valence-electron chi connectivity index (χ2n) is 7.50. The van der Waals surface area contributed by atoms with E-state index in [1.165, 1.54) is 11.1 Å². The largest absolute Gasteiger partial charge is 0.497 e. The molecular formula is C25H24BrNO3. The van der Waals surface area contributed by atoms with Crippen LogP contribution in [0.4, 0.5) is 0 Å². The Bertz CT molecular complexity index is 1050. The number of fused-ring (bicyclic) bond motifs is 1.